The standard InChI is InChI=1S/C32H34N4O4/c1-4-34(5-2)19-20-36-29(24-14-16-25(17-15-24)40-21-23-11-7-6-8-12-23)27(31(38)32(36)39)30(37)28-22(3)33-26-13-9-10-18-35(26)28/h6-18,29,37H,4-5,19-21H2,1-3H3. The summed E-state index contributed by atoms with van der Waals surface area (Å²) in [5.41, 5.74) is 3.47. The predicted molar refractivity (Wildman–Crippen MR) is 154 cm³/mol. The number of ketones is 1. The van der Waals surface area contributed by atoms with Crippen molar-refractivity contribution in [2.75, 3.05) is 26.2 Å². The molecule has 1 saturated heterocycles. The molecule has 1 fully saturated rings. The van der Waals surface area contributed by atoms with E-state index in [0.29, 0.717) is 42.5 Å². The third kappa shape index (κ3) is 5.22. The van der Waals surface area contributed by atoms with Gasteiger partial charge in [0.25, 0.3) is 11.7 Å². The first kappa shape index (κ1) is 27.1. The fourth-order valence-electron chi connectivity index (χ4n) is 5.26. The van der Waals surface area contributed by atoms with E-state index in [-0.39, 0.29) is 11.3 Å². The molecule has 1 aliphatic heterocycles. The summed E-state index contributed by atoms with van der Waals surface area (Å²) in [4.78, 5) is 35.2. The first-order valence-corrected chi connectivity index (χ1v) is 13.6. The SMILES string of the molecule is CCN(CC)CCN1C(=O)C(=O)C(=C(O)c2c(C)nc3ccccn23)C1c1ccc(OCc2ccccc2)cc1. The van der Waals surface area contributed by atoms with Crippen LogP contribution in [0, 0.1) is 6.92 Å². The van der Waals surface area contributed by atoms with Gasteiger partial charge >= 0.3 is 0 Å². The number of nitrogens with zero attached hydrogens (tertiary/aromatic N) is 4. The first-order chi connectivity index (χ1) is 19.4. The van der Waals surface area contributed by atoms with Gasteiger partial charge in [-0.05, 0) is 55.4 Å². The molecule has 0 bridgehead atoms. The van der Waals surface area contributed by atoms with E-state index in [0.717, 1.165) is 24.2 Å². The molecule has 4 aromatic rings. The summed E-state index contributed by atoms with van der Waals surface area (Å²) in [6.07, 6.45) is 1.79. The zero-order valence-corrected chi connectivity index (χ0v) is 23.1. The van der Waals surface area contributed by atoms with Crippen molar-refractivity contribution in [2.45, 2.75) is 33.4 Å². The van der Waals surface area contributed by atoms with Crippen molar-refractivity contribution in [3.05, 3.63) is 107 Å². The number of Topliss-reactive ketones (excluding diaryl/α,β-unsaturated/α-hetero) is 1. The third-order valence-corrected chi connectivity index (χ3v) is 7.46. The van der Waals surface area contributed by atoms with Crippen LogP contribution in [0.15, 0.2) is 84.6 Å². The Kier molecular flexibility index (Phi) is 7.98. The van der Waals surface area contributed by atoms with Crippen LogP contribution in [-0.2, 0) is 16.2 Å². The average Bonchev–Trinajstić information content (AvgIpc) is 3.45. The van der Waals surface area contributed by atoms with Gasteiger partial charge in [0.1, 0.15) is 23.7 Å². The highest BCUT2D eigenvalue weighted by Crippen LogP contribution is 2.40. The number of aromatic nitrogens is 2. The monoisotopic (exact) mass is 538 g/mol. The highest BCUT2D eigenvalue weighted by Gasteiger charge is 2.46. The fourth-order valence-corrected chi connectivity index (χ4v) is 5.26. The number of carbonyl (C=O) groups is 2. The van der Waals surface area contributed by atoms with E-state index >= 15 is 0 Å². The number of aryl methyl sites for hydroxylation is 1. The molecule has 2 aromatic carbocycles. The van der Waals surface area contributed by atoms with Crippen molar-refractivity contribution in [2.24, 2.45) is 0 Å². The maximum atomic E-state index is 13.5. The summed E-state index contributed by atoms with van der Waals surface area (Å²) in [5, 5.41) is 11.6. The Morgan fingerprint density at radius 3 is 2.38 bits per heavy atom. The number of hydrogen-bond donors (Lipinski definition) is 1. The van der Waals surface area contributed by atoms with Crippen molar-refractivity contribution in [3.8, 4) is 5.75 Å². The quantitative estimate of drug-likeness (QED) is 0.174. The van der Waals surface area contributed by atoms with Crippen molar-refractivity contribution in [3.63, 3.8) is 0 Å². The molecule has 40 heavy (non-hydrogen) atoms. The maximum absolute atomic E-state index is 13.5. The normalized spacial score (nSPS) is 16.8. The summed E-state index contributed by atoms with van der Waals surface area (Å²) in [6, 6.07) is 22.1. The Morgan fingerprint density at radius 1 is 0.975 bits per heavy atom. The lowest BCUT2D eigenvalue weighted by Gasteiger charge is -2.28. The lowest BCUT2D eigenvalue weighted by atomic mass is 9.96. The van der Waals surface area contributed by atoms with E-state index in [1.807, 2.05) is 72.8 Å². The van der Waals surface area contributed by atoms with Crippen molar-refractivity contribution in [1.29, 1.82) is 0 Å². The van der Waals surface area contributed by atoms with E-state index in [2.05, 4.69) is 23.7 Å². The molecule has 3 heterocycles. The number of carbonyl (C=O) groups excluding carboxylic acids is 2. The Balaban J connectivity index is 1.54. The minimum absolute atomic E-state index is 0.0660. The number of amides is 1. The largest absolute Gasteiger partial charge is 0.505 e. The van der Waals surface area contributed by atoms with E-state index in [1.54, 1.807) is 22.4 Å². The van der Waals surface area contributed by atoms with Gasteiger partial charge in [0.05, 0.1) is 17.3 Å². The minimum atomic E-state index is -0.743. The van der Waals surface area contributed by atoms with Gasteiger partial charge in [0.2, 0.25) is 0 Å². The second kappa shape index (κ2) is 11.8. The Labute approximate surface area is 234 Å². The number of aliphatic hydroxyl groups excluding tert-OH is 1. The molecule has 206 valence electrons. The highest BCUT2D eigenvalue weighted by atomic mass is 16.5. The third-order valence-electron chi connectivity index (χ3n) is 7.46. The molecule has 1 N–H and O–H groups in total. The topological polar surface area (TPSA) is 87.4 Å². The molecule has 0 radical (unpaired) electrons. The molecule has 5 rings (SSSR count). The number of aliphatic hydroxyl groups is 1. The molecule has 1 amide bonds. The van der Waals surface area contributed by atoms with Crippen LogP contribution in [0.4, 0.5) is 0 Å². The first-order valence-electron chi connectivity index (χ1n) is 13.6. The fraction of sp³-hybridized carbons (Fsp3) is 0.281. The second-order valence-electron chi connectivity index (χ2n) is 9.84. The predicted octanol–water partition coefficient (Wildman–Crippen LogP) is 4.99. The molecule has 8 nitrogen and oxygen atoms in total. The van der Waals surface area contributed by atoms with Gasteiger partial charge in [-0.25, -0.2) is 4.98 Å². The van der Waals surface area contributed by atoms with Crippen LogP contribution in [0.3, 0.4) is 0 Å². The molecule has 1 unspecified atom stereocenters. The second-order valence-corrected chi connectivity index (χ2v) is 9.84. The van der Waals surface area contributed by atoms with Crippen LogP contribution in [0.1, 0.15) is 42.4 Å². The van der Waals surface area contributed by atoms with Gasteiger partial charge in [0.15, 0.2) is 5.76 Å². The molecule has 0 aliphatic carbocycles. The average molecular weight is 539 g/mol. The van der Waals surface area contributed by atoms with Gasteiger partial charge < -0.3 is 19.6 Å². The highest BCUT2D eigenvalue weighted by molar-refractivity contribution is 6.46. The lowest BCUT2D eigenvalue weighted by Crippen LogP contribution is -2.38. The minimum Gasteiger partial charge on any atom is -0.505 e. The molecular formula is C32H34N4O4. The van der Waals surface area contributed by atoms with Crippen molar-refractivity contribution >= 4 is 23.1 Å². The lowest BCUT2D eigenvalue weighted by molar-refractivity contribution is -0.140. The van der Waals surface area contributed by atoms with Crippen LogP contribution in [0.2, 0.25) is 0 Å². The summed E-state index contributed by atoms with van der Waals surface area (Å²) in [5.74, 6) is -0.870. The Morgan fingerprint density at radius 2 is 1.68 bits per heavy atom. The van der Waals surface area contributed by atoms with Gasteiger partial charge in [0, 0.05) is 19.3 Å². The molecule has 0 spiro atoms. The number of pyridine rings is 1. The van der Waals surface area contributed by atoms with Crippen LogP contribution >= 0.6 is 0 Å². The zero-order valence-electron chi connectivity index (χ0n) is 23.1. The number of benzene rings is 2. The molecule has 0 saturated carbocycles. The van der Waals surface area contributed by atoms with Gasteiger partial charge in [-0.2, -0.15) is 0 Å². The van der Waals surface area contributed by atoms with E-state index < -0.39 is 17.7 Å². The smallest absolute Gasteiger partial charge is 0.295 e. The summed E-state index contributed by atoms with van der Waals surface area (Å²) >= 11 is 0. The van der Waals surface area contributed by atoms with E-state index in [9.17, 15) is 14.7 Å². The number of likely N-dealkylation sites (N-methyl/N-ethyl adjacent to an activating group) is 1. The molecule has 2 aromatic heterocycles. The van der Waals surface area contributed by atoms with Gasteiger partial charge in [-0.15, -0.1) is 0 Å². The molecule has 1 atom stereocenters. The van der Waals surface area contributed by atoms with Gasteiger partial charge in [-0.3, -0.25) is 14.0 Å². The maximum Gasteiger partial charge on any atom is 0.295 e. The number of likely N-dealkylation sites (tertiary alicyclic amines) is 1. The van der Waals surface area contributed by atoms with Gasteiger partial charge in [-0.1, -0.05) is 62.4 Å². The number of imidazole rings is 1. The summed E-state index contributed by atoms with van der Waals surface area (Å²) in [6.45, 7) is 8.98. The molecular weight excluding hydrogens is 504 g/mol. The van der Waals surface area contributed by atoms with E-state index in [1.165, 1.54) is 0 Å². The van der Waals surface area contributed by atoms with Crippen LogP contribution < -0.4 is 4.74 Å². The summed E-state index contributed by atoms with van der Waals surface area (Å²) < 4.78 is 7.70. The van der Waals surface area contributed by atoms with Crippen molar-refractivity contribution < 1.29 is 19.4 Å². The number of rotatable bonds is 10. The molecule has 8 heteroatoms. The van der Waals surface area contributed by atoms with E-state index in [4.69, 9.17) is 4.74 Å². The van der Waals surface area contributed by atoms with Crippen LogP contribution in [0.25, 0.3) is 11.4 Å². The number of ether oxygens (including phenoxy) is 1. The molecule has 1 aliphatic rings. The van der Waals surface area contributed by atoms with Crippen LogP contribution in [0.5, 0.6) is 5.75 Å². The number of fused-ring (bicyclic) bond motifs is 1. The van der Waals surface area contributed by atoms with Crippen LogP contribution in [-0.4, -0.2) is 62.2 Å². The number of hydrogen-bond acceptors (Lipinski definition) is 6. The van der Waals surface area contributed by atoms with Crippen molar-refractivity contribution in [1.82, 2.24) is 19.2 Å². The summed E-state index contributed by atoms with van der Waals surface area (Å²) in [7, 11) is 0. The zero-order chi connectivity index (χ0) is 28.2. The Bertz CT molecular complexity index is 1540. The Hall–Kier alpha value is -4.43.